The average Bonchev–Trinajstić information content (AvgIpc) is 2.41. The number of rotatable bonds is 4. The number of ether oxygens (including phenoxy) is 1. The van der Waals surface area contributed by atoms with Gasteiger partial charge in [0.05, 0.1) is 0 Å². The molecule has 0 aliphatic carbocycles. The number of benzene rings is 1. The van der Waals surface area contributed by atoms with Gasteiger partial charge in [0, 0.05) is 24.7 Å². The summed E-state index contributed by atoms with van der Waals surface area (Å²) in [7, 11) is 4.16. The first-order valence-electron chi connectivity index (χ1n) is 6.82. The molecule has 1 aromatic carbocycles. The van der Waals surface area contributed by atoms with Crippen LogP contribution >= 0.6 is 0 Å². The molecule has 3 nitrogen and oxygen atoms in total. The van der Waals surface area contributed by atoms with Gasteiger partial charge in [-0.2, -0.15) is 0 Å². The van der Waals surface area contributed by atoms with E-state index in [4.69, 9.17) is 4.74 Å². The molecule has 1 N–H and O–H groups in total. The van der Waals surface area contributed by atoms with Crippen LogP contribution in [0.4, 0.5) is 0 Å². The Kier molecular flexibility index (Phi) is 4.61. The molecule has 0 aromatic heterocycles. The van der Waals surface area contributed by atoms with Gasteiger partial charge in [0.25, 0.3) is 0 Å². The van der Waals surface area contributed by atoms with Gasteiger partial charge in [0.1, 0.15) is 11.9 Å². The predicted octanol–water partition coefficient (Wildman–Crippen LogP) is 2.44. The summed E-state index contributed by atoms with van der Waals surface area (Å²) in [4.78, 5) is 2.36. The Hall–Kier alpha value is -1.06. The smallest absolute Gasteiger partial charge is 0.124 e. The van der Waals surface area contributed by atoms with Crippen molar-refractivity contribution in [2.24, 2.45) is 0 Å². The SMILES string of the molecule is CNC(C)c1ccccc1OC1CCN(C)CC1. The van der Waals surface area contributed by atoms with E-state index in [1.165, 1.54) is 5.56 Å². The zero-order chi connectivity index (χ0) is 13.0. The van der Waals surface area contributed by atoms with Gasteiger partial charge in [0.2, 0.25) is 0 Å². The van der Waals surface area contributed by atoms with E-state index in [9.17, 15) is 0 Å². The number of nitrogens with zero attached hydrogens (tertiary/aromatic N) is 1. The van der Waals surface area contributed by atoms with Gasteiger partial charge < -0.3 is 15.0 Å². The van der Waals surface area contributed by atoms with Crippen LogP contribution in [0, 0.1) is 0 Å². The standard InChI is InChI=1S/C15H24N2O/c1-12(16-2)14-6-4-5-7-15(14)18-13-8-10-17(3)11-9-13/h4-7,12-13,16H,8-11H2,1-3H3. The molecular weight excluding hydrogens is 224 g/mol. The second-order valence-electron chi connectivity index (χ2n) is 5.17. The van der Waals surface area contributed by atoms with Gasteiger partial charge in [-0.15, -0.1) is 0 Å². The Bertz CT molecular complexity index is 373. The van der Waals surface area contributed by atoms with Crippen LogP contribution in [0.3, 0.4) is 0 Å². The Morgan fingerprint density at radius 1 is 1.28 bits per heavy atom. The van der Waals surface area contributed by atoms with E-state index in [0.29, 0.717) is 12.1 Å². The number of piperidine rings is 1. The molecule has 1 aromatic rings. The van der Waals surface area contributed by atoms with Gasteiger partial charge in [-0.05, 0) is 39.9 Å². The molecule has 1 saturated heterocycles. The lowest BCUT2D eigenvalue weighted by molar-refractivity contribution is 0.113. The van der Waals surface area contributed by atoms with Gasteiger partial charge in [-0.1, -0.05) is 18.2 Å². The molecule has 0 spiro atoms. The molecule has 100 valence electrons. The highest BCUT2D eigenvalue weighted by Crippen LogP contribution is 2.27. The maximum absolute atomic E-state index is 6.19. The molecule has 18 heavy (non-hydrogen) atoms. The normalized spacial score (nSPS) is 19.7. The van der Waals surface area contributed by atoms with Crippen LogP contribution in [-0.2, 0) is 0 Å². The summed E-state index contributed by atoms with van der Waals surface area (Å²) in [6.45, 7) is 4.43. The van der Waals surface area contributed by atoms with E-state index in [-0.39, 0.29) is 0 Å². The Morgan fingerprint density at radius 2 is 1.94 bits per heavy atom. The van der Waals surface area contributed by atoms with Crippen molar-refractivity contribution in [2.75, 3.05) is 27.2 Å². The first-order valence-corrected chi connectivity index (χ1v) is 6.82. The molecule has 1 aliphatic heterocycles. The molecule has 1 atom stereocenters. The zero-order valence-corrected chi connectivity index (χ0v) is 11.6. The van der Waals surface area contributed by atoms with Crippen molar-refractivity contribution in [3.8, 4) is 5.75 Å². The summed E-state index contributed by atoms with van der Waals surface area (Å²) >= 11 is 0. The fourth-order valence-corrected chi connectivity index (χ4v) is 2.38. The van der Waals surface area contributed by atoms with Crippen molar-refractivity contribution in [2.45, 2.75) is 31.9 Å². The third-order valence-corrected chi connectivity index (χ3v) is 3.78. The molecule has 1 heterocycles. The zero-order valence-electron chi connectivity index (χ0n) is 11.6. The van der Waals surface area contributed by atoms with Crippen molar-refractivity contribution in [1.29, 1.82) is 0 Å². The largest absolute Gasteiger partial charge is 0.490 e. The first-order chi connectivity index (χ1) is 8.70. The Labute approximate surface area is 110 Å². The lowest BCUT2D eigenvalue weighted by Crippen LogP contribution is -2.35. The van der Waals surface area contributed by atoms with Crippen LogP contribution in [-0.4, -0.2) is 38.2 Å². The maximum atomic E-state index is 6.19. The lowest BCUT2D eigenvalue weighted by atomic mass is 10.1. The van der Waals surface area contributed by atoms with Crippen LogP contribution in [0.5, 0.6) is 5.75 Å². The predicted molar refractivity (Wildman–Crippen MR) is 75.1 cm³/mol. The van der Waals surface area contributed by atoms with E-state index < -0.39 is 0 Å². The fraction of sp³-hybridized carbons (Fsp3) is 0.600. The number of hydrogen-bond donors (Lipinski definition) is 1. The van der Waals surface area contributed by atoms with E-state index in [2.05, 4.69) is 48.5 Å². The fourth-order valence-electron chi connectivity index (χ4n) is 2.38. The number of hydrogen-bond acceptors (Lipinski definition) is 3. The summed E-state index contributed by atoms with van der Waals surface area (Å²) in [6, 6.07) is 8.68. The maximum Gasteiger partial charge on any atom is 0.124 e. The minimum Gasteiger partial charge on any atom is -0.490 e. The second kappa shape index (κ2) is 6.21. The highest BCUT2D eigenvalue weighted by Gasteiger charge is 2.19. The van der Waals surface area contributed by atoms with E-state index >= 15 is 0 Å². The monoisotopic (exact) mass is 248 g/mol. The van der Waals surface area contributed by atoms with Crippen molar-refractivity contribution >= 4 is 0 Å². The lowest BCUT2D eigenvalue weighted by Gasteiger charge is -2.30. The van der Waals surface area contributed by atoms with Crippen LogP contribution < -0.4 is 10.1 Å². The Balaban J connectivity index is 2.04. The van der Waals surface area contributed by atoms with Crippen molar-refractivity contribution in [1.82, 2.24) is 10.2 Å². The van der Waals surface area contributed by atoms with E-state index in [0.717, 1.165) is 31.7 Å². The number of para-hydroxylation sites is 1. The molecule has 0 amide bonds. The molecule has 0 saturated carbocycles. The van der Waals surface area contributed by atoms with E-state index in [1.807, 2.05) is 7.05 Å². The van der Waals surface area contributed by atoms with Crippen molar-refractivity contribution < 1.29 is 4.74 Å². The van der Waals surface area contributed by atoms with E-state index in [1.54, 1.807) is 0 Å². The molecule has 2 rings (SSSR count). The van der Waals surface area contributed by atoms with Gasteiger partial charge in [-0.25, -0.2) is 0 Å². The third kappa shape index (κ3) is 3.24. The van der Waals surface area contributed by atoms with Gasteiger partial charge in [-0.3, -0.25) is 0 Å². The minimum atomic E-state index is 0.326. The van der Waals surface area contributed by atoms with Crippen molar-refractivity contribution in [3.63, 3.8) is 0 Å². The highest BCUT2D eigenvalue weighted by molar-refractivity contribution is 5.35. The molecule has 1 unspecified atom stereocenters. The second-order valence-corrected chi connectivity index (χ2v) is 5.17. The molecule has 1 fully saturated rings. The number of likely N-dealkylation sites (tertiary alicyclic amines) is 1. The van der Waals surface area contributed by atoms with Crippen LogP contribution in [0.25, 0.3) is 0 Å². The van der Waals surface area contributed by atoms with Gasteiger partial charge >= 0.3 is 0 Å². The quantitative estimate of drug-likeness (QED) is 0.885. The Morgan fingerprint density at radius 3 is 2.61 bits per heavy atom. The molecule has 0 bridgehead atoms. The van der Waals surface area contributed by atoms with Crippen molar-refractivity contribution in [3.05, 3.63) is 29.8 Å². The summed E-state index contributed by atoms with van der Waals surface area (Å²) in [5.41, 5.74) is 1.25. The minimum absolute atomic E-state index is 0.326. The first kappa shape index (κ1) is 13.4. The van der Waals surface area contributed by atoms with Crippen LogP contribution in [0.15, 0.2) is 24.3 Å². The molecule has 0 radical (unpaired) electrons. The molecular formula is C15H24N2O. The topological polar surface area (TPSA) is 24.5 Å². The average molecular weight is 248 g/mol. The summed E-state index contributed by atoms with van der Waals surface area (Å²) < 4.78 is 6.19. The molecule has 1 aliphatic rings. The van der Waals surface area contributed by atoms with Gasteiger partial charge in [0.15, 0.2) is 0 Å². The summed E-state index contributed by atoms with van der Waals surface area (Å²) in [5, 5.41) is 3.28. The molecule has 3 heteroatoms. The number of nitrogens with one attached hydrogen (secondary N) is 1. The van der Waals surface area contributed by atoms with Crippen LogP contribution in [0.1, 0.15) is 31.4 Å². The highest BCUT2D eigenvalue weighted by atomic mass is 16.5. The summed E-state index contributed by atoms with van der Waals surface area (Å²) in [5.74, 6) is 1.04. The summed E-state index contributed by atoms with van der Waals surface area (Å²) in [6.07, 6.45) is 2.61. The van der Waals surface area contributed by atoms with Crippen LogP contribution in [0.2, 0.25) is 0 Å². The third-order valence-electron chi connectivity index (χ3n) is 3.78.